The van der Waals surface area contributed by atoms with E-state index < -0.39 is 0 Å². The summed E-state index contributed by atoms with van der Waals surface area (Å²) in [5.74, 6) is 1.71. The molecule has 2 saturated heterocycles. The largest absolute Gasteiger partial charge is 0.497 e. The molecule has 0 aromatic heterocycles. The topological polar surface area (TPSA) is 12.5 Å². The van der Waals surface area contributed by atoms with Crippen LogP contribution in [0.2, 0.25) is 0 Å². The molecule has 3 rings (SSSR count). The first-order valence-corrected chi connectivity index (χ1v) is 7.76. The van der Waals surface area contributed by atoms with E-state index >= 15 is 0 Å². The molecule has 2 atom stereocenters. The van der Waals surface area contributed by atoms with Gasteiger partial charge in [0.25, 0.3) is 0 Å². The van der Waals surface area contributed by atoms with Crippen molar-refractivity contribution >= 4 is 0 Å². The SMILES string of the molecule is COc1cccc(C2CCCCN3CCCCC23)c1. The Kier molecular flexibility index (Phi) is 4.07. The molecule has 2 nitrogen and oxygen atoms in total. The normalized spacial score (nSPS) is 28.5. The average molecular weight is 259 g/mol. The van der Waals surface area contributed by atoms with Crippen LogP contribution in [0, 0.1) is 0 Å². The molecule has 0 bridgehead atoms. The van der Waals surface area contributed by atoms with Gasteiger partial charge < -0.3 is 4.74 Å². The van der Waals surface area contributed by atoms with Crippen LogP contribution in [0.1, 0.15) is 50.0 Å². The first kappa shape index (κ1) is 13.0. The molecule has 0 amide bonds. The minimum absolute atomic E-state index is 0.706. The number of methoxy groups -OCH3 is 1. The molecule has 0 saturated carbocycles. The highest BCUT2D eigenvalue weighted by atomic mass is 16.5. The van der Waals surface area contributed by atoms with Gasteiger partial charge in [-0.3, -0.25) is 4.90 Å². The Morgan fingerprint density at radius 3 is 2.63 bits per heavy atom. The van der Waals surface area contributed by atoms with Crippen molar-refractivity contribution < 1.29 is 4.74 Å². The van der Waals surface area contributed by atoms with Crippen LogP contribution in [-0.4, -0.2) is 31.1 Å². The first-order valence-electron chi connectivity index (χ1n) is 7.76. The lowest BCUT2D eigenvalue weighted by Crippen LogP contribution is -2.42. The van der Waals surface area contributed by atoms with Crippen molar-refractivity contribution in [2.75, 3.05) is 20.2 Å². The lowest BCUT2D eigenvalue weighted by molar-refractivity contribution is 0.137. The van der Waals surface area contributed by atoms with E-state index in [2.05, 4.69) is 29.2 Å². The molecule has 0 N–H and O–H groups in total. The highest BCUT2D eigenvalue weighted by molar-refractivity contribution is 5.32. The monoisotopic (exact) mass is 259 g/mol. The minimum Gasteiger partial charge on any atom is -0.497 e. The van der Waals surface area contributed by atoms with Crippen molar-refractivity contribution in [1.29, 1.82) is 0 Å². The van der Waals surface area contributed by atoms with Crippen LogP contribution in [0.5, 0.6) is 5.75 Å². The summed E-state index contributed by atoms with van der Waals surface area (Å²) in [6.07, 6.45) is 8.25. The fourth-order valence-corrected chi connectivity index (χ4v) is 3.88. The number of benzene rings is 1. The third-order valence-electron chi connectivity index (χ3n) is 4.86. The Labute approximate surface area is 116 Å². The lowest BCUT2D eigenvalue weighted by atomic mass is 9.83. The first-order chi connectivity index (χ1) is 9.38. The summed E-state index contributed by atoms with van der Waals surface area (Å²) in [5, 5.41) is 0. The number of rotatable bonds is 2. The van der Waals surface area contributed by atoms with Gasteiger partial charge in [-0.2, -0.15) is 0 Å². The van der Waals surface area contributed by atoms with E-state index in [1.54, 1.807) is 7.11 Å². The van der Waals surface area contributed by atoms with Crippen LogP contribution < -0.4 is 4.74 Å². The third kappa shape index (κ3) is 2.79. The molecule has 0 radical (unpaired) electrons. The van der Waals surface area contributed by atoms with E-state index in [0.717, 1.165) is 11.8 Å². The second-order valence-corrected chi connectivity index (χ2v) is 5.98. The summed E-state index contributed by atoms with van der Waals surface area (Å²) in [6, 6.07) is 9.52. The Balaban J connectivity index is 1.87. The predicted molar refractivity (Wildman–Crippen MR) is 78.8 cm³/mol. The molecule has 1 aromatic rings. The summed E-state index contributed by atoms with van der Waals surface area (Å²) in [5.41, 5.74) is 1.48. The predicted octanol–water partition coefficient (Wildman–Crippen LogP) is 3.82. The van der Waals surface area contributed by atoms with Gasteiger partial charge in [0.15, 0.2) is 0 Å². The number of fused-ring (bicyclic) bond motifs is 1. The van der Waals surface area contributed by atoms with Crippen LogP contribution >= 0.6 is 0 Å². The molecular formula is C17H25NO. The molecule has 0 spiro atoms. The maximum atomic E-state index is 5.40. The van der Waals surface area contributed by atoms with Gasteiger partial charge >= 0.3 is 0 Å². The fraction of sp³-hybridized carbons (Fsp3) is 0.647. The van der Waals surface area contributed by atoms with Crippen molar-refractivity contribution in [2.24, 2.45) is 0 Å². The van der Waals surface area contributed by atoms with E-state index in [1.807, 2.05) is 0 Å². The molecule has 2 aliphatic rings. The molecule has 0 aliphatic carbocycles. The quantitative estimate of drug-likeness (QED) is 0.800. The van der Waals surface area contributed by atoms with E-state index in [9.17, 15) is 0 Å². The van der Waals surface area contributed by atoms with Crippen molar-refractivity contribution in [3.05, 3.63) is 29.8 Å². The number of hydrogen-bond acceptors (Lipinski definition) is 2. The van der Waals surface area contributed by atoms with Gasteiger partial charge in [0.2, 0.25) is 0 Å². The van der Waals surface area contributed by atoms with Crippen LogP contribution in [0.15, 0.2) is 24.3 Å². The van der Waals surface area contributed by atoms with Gasteiger partial charge in [0, 0.05) is 6.04 Å². The second kappa shape index (κ2) is 5.96. The lowest BCUT2D eigenvalue weighted by Gasteiger charge is -2.39. The van der Waals surface area contributed by atoms with E-state index in [0.29, 0.717) is 5.92 Å². The summed E-state index contributed by atoms with van der Waals surface area (Å²) in [4.78, 5) is 2.75. The van der Waals surface area contributed by atoms with Crippen LogP contribution in [0.25, 0.3) is 0 Å². The summed E-state index contributed by atoms with van der Waals surface area (Å²) in [6.45, 7) is 2.62. The number of nitrogens with zero attached hydrogens (tertiary/aromatic N) is 1. The smallest absolute Gasteiger partial charge is 0.119 e. The maximum absolute atomic E-state index is 5.40. The molecule has 2 unspecified atom stereocenters. The highest BCUT2D eigenvalue weighted by Gasteiger charge is 2.32. The van der Waals surface area contributed by atoms with Gasteiger partial charge in [-0.05, 0) is 62.4 Å². The summed E-state index contributed by atoms with van der Waals surface area (Å²) in [7, 11) is 1.76. The fourth-order valence-electron chi connectivity index (χ4n) is 3.88. The van der Waals surface area contributed by atoms with Crippen molar-refractivity contribution in [3.8, 4) is 5.75 Å². The van der Waals surface area contributed by atoms with Crippen LogP contribution in [0.3, 0.4) is 0 Å². The summed E-state index contributed by atoms with van der Waals surface area (Å²) >= 11 is 0. The Morgan fingerprint density at radius 1 is 1.05 bits per heavy atom. The average Bonchev–Trinajstić information content (AvgIpc) is 2.69. The molecular weight excluding hydrogens is 234 g/mol. The minimum atomic E-state index is 0.706. The number of piperidine rings is 1. The third-order valence-corrected chi connectivity index (χ3v) is 4.86. The van der Waals surface area contributed by atoms with E-state index in [1.165, 1.54) is 57.2 Å². The Bertz CT molecular complexity index is 417. The van der Waals surface area contributed by atoms with Gasteiger partial charge in [0.05, 0.1) is 7.11 Å². The van der Waals surface area contributed by atoms with Crippen LogP contribution in [-0.2, 0) is 0 Å². The van der Waals surface area contributed by atoms with Gasteiger partial charge in [0.1, 0.15) is 5.75 Å². The van der Waals surface area contributed by atoms with Gasteiger partial charge in [-0.15, -0.1) is 0 Å². The zero-order chi connectivity index (χ0) is 13.1. The Morgan fingerprint density at radius 2 is 1.84 bits per heavy atom. The second-order valence-electron chi connectivity index (χ2n) is 5.98. The van der Waals surface area contributed by atoms with Crippen molar-refractivity contribution in [3.63, 3.8) is 0 Å². The standard InChI is InChI=1S/C17H25NO/c1-19-15-8-6-7-14(13-15)16-9-2-4-11-18-12-5-3-10-17(16)18/h6-8,13,16-17H,2-5,9-12H2,1H3. The zero-order valence-electron chi connectivity index (χ0n) is 12.0. The zero-order valence-corrected chi connectivity index (χ0v) is 12.0. The van der Waals surface area contributed by atoms with Gasteiger partial charge in [-0.25, -0.2) is 0 Å². The molecule has 2 heterocycles. The van der Waals surface area contributed by atoms with Crippen molar-refractivity contribution in [2.45, 2.75) is 50.5 Å². The molecule has 2 heteroatoms. The Hall–Kier alpha value is -1.02. The van der Waals surface area contributed by atoms with E-state index in [4.69, 9.17) is 4.74 Å². The molecule has 1 aromatic carbocycles. The molecule has 104 valence electrons. The molecule has 2 fully saturated rings. The molecule has 2 aliphatic heterocycles. The highest BCUT2D eigenvalue weighted by Crippen LogP contribution is 2.37. The summed E-state index contributed by atoms with van der Waals surface area (Å²) < 4.78 is 5.40. The molecule has 19 heavy (non-hydrogen) atoms. The van der Waals surface area contributed by atoms with Crippen LogP contribution in [0.4, 0.5) is 0 Å². The maximum Gasteiger partial charge on any atom is 0.119 e. The number of ether oxygens (including phenoxy) is 1. The van der Waals surface area contributed by atoms with Gasteiger partial charge in [-0.1, -0.05) is 25.0 Å². The van der Waals surface area contributed by atoms with E-state index in [-0.39, 0.29) is 0 Å². The van der Waals surface area contributed by atoms with Crippen molar-refractivity contribution in [1.82, 2.24) is 4.90 Å². The number of hydrogen-bond donors (Lipinski definition) is 0.